The van der Waals surface area contributed by atoms with Gasteiger partial charge >= 0.3 is 0 Å². The number of hydrogen-bond donors (Lipinski definition) is 2. The summed E-state index contributed by atoms with van der Waals surface area (Å²) < 4.78 is 25.2. The van der Waals surface area contributed by atoms with Gasteiger partial charge in [-0.2, -0.15) is 0 Å². The Morgan fingerprint density at radius 2 is 1.28 bits per heavy atom. The lowest BCUT2D eigenvalue weighted by Gasteiger charge is -2.12. The summed E-state index contributed by atoms with van der Waals surface area (Å²) in [7, 11) is -3.18. The quantitative estimate of drug-likeness (QED) is 0.523. The van der Waals surface area contributed by atoms with Crippen molar-refractivity contribution in [2.24, 2.45) is 0 Å². The fourth-order valence-corrected chi connectivity index (χ4v) is 5.12. The van der Waals surface area contributed by atoms with Crippen LogP contribution < -0.4 is 10.6 Å². The lowest BCUT2D eigenvalue weighted by molar-refractivity contribution is 0.565. The van der Waals surface area contributed by atoms with Crippen molar-refractivity contribution in [1.29, 1.82) is 0 Å². The number of aryl methyl sites for hydroxylation is 3. The fraction of sp³-hybridized carbons (Fsp3) is 0.700. The summed E-state index contributed by atoms with van der Waals surface area (Å²) in [6, 6.07) is 3.91. The monoisotopic (exact) mass is 368 g/mol. The molecule has 5 heteroatoms. The molecule has 2 N–H and O–H groups in total. The summed E-state index contributed by atoms with van der Waals surface area (Å²) in [4.78, 5) is 0.533. The number of nitrogens with one attached hydrogen (secondary N) is 2. The SMILES string of the molecule is CCCNCCCCNCCCCS(=O)(=O)c1c(C)cc(C)cc1C. The number of sulfone groups is 1. The van der Waals surface area contributed by atoms with Crippen LogP contribution in [0.5, 0.6) is 0 Å². The van der Waals surface area contributed by atoms with Crippen LogP contribution in [0.15, 0.2) is 17.0 Å². The lowest BCUT2D eigenvalue weighted by Crippen LogP contribution is -2.20. The molecule has 0 aromatic heterocycles. The molecule has 1 aromatic carbocycles. The van der Waals surface area contributed by atoms with E-state index in [1.807, 2.05) is 32.9 Å². The van der Waals surface area contributed by atoms with E-state index in [1.54, 1.807) is 0 Å². The first-order chi connectivity index (χ1) is 11.9. The summed E-state index contributed by atoms with van der Waals surface area (Å²) in [5.41, 5.74) is 2.85. The minimum absolute atomic E-state index is 0.236. The van der Waals surface area contributed by atoms with E-state index in [-0.39, 0.29) is 5.75 Å². The second-order valence-electron chi connectivity index (χ2n) is 6.96. The number of benzene rings is 1. The fourth-order valence-electron chi connectivity index (χ4n) is 3.23. The van der Waals surface area contributed by atoms with E-state index >= 15 is 0 Å². The maximum absolute atomic E-state index is 12.6. The first-order valence-electron chi connectivity index (χ1n) is 9.60. The normalized spacial score (nSPS) is 11.8. The van der Waals surface area contributed by atoms with E-state index in [1.165, 1.54) is 12.8 Å². The van der Waals surface area contributed by atoms with Crippen molar-refractivity contribution in [2.75, 3.05) is 31.9 Å². The van der Waals surface area contributed by atoms with E-state index in [4.69, 9.17) is 0 Å². The minimum Gasteiger partial charge on any atom is -0.317 e. The molecule has 0 saturated heterocycles. The third-order valence-corrected chi connectivity index (χ3v) is 6.41. The Labute approximate surface area is 154 Å². The standard InChI is InChI=1S/C20H36N2O2S/c1-5-10-21-11-6-7-12-22-13-8-9-14-25(23,24)20-18(3)15-17(2)16-19(20)4/h15-16,21-22H,5-14H2,1-4H3. The molecule has 0 atom stereocenters. The molecule has 0 bridgehead atoms. The Kier molecular flexibility index (Phi) is 10.3. The summed E-state index contributed by atoms with van der Waals surface area (Å²) in [5.74, 6) is 0.236. The van der Waals surface area contributed by atoms with Gasteiger partial charge < -0.3 is 10.6 Å². The van der Waals surface area contributed by atoms with E-state index in [9.17, 15) is 8.42 Å². The summed E-state index contributed by atoms with van der Waals surface area (Å²) in [6.07, 6.45) is 5.14. The summed E-state index contributed by atoms with van der Waals surface area (Å²) in [5, 5.41) is 6.81. The highest BCUT2D eigenvalue weighted by Gasteiger charge is 2.19. The van der Waals surface area contributed by atoms with Gasteiger partial charge in [0.05, 0.1) is 10.6 Å². The van der Waals surface area contributed by atoms with E-state index in [2.05, 4.69) is 17.6 Å². The van der Waals surface area contributed by atoms with Crippen LogP contribution in [0.25, 0.3) is 0 Å². The van der Waals surface area contributed by atoms with Crippen molar-refractivity contribution in [3.63, 3.8) is 0 Å². The molecule has 25 heavy (non-hydrogen) atoms. The van der Waals surface area contributed by atoms with Crippen molar-refractivity contribution in [3.8, 4) is 0 Å². The van der Waals surface area contributed by atoms with Crippen LogP contribution in [0.1, 0.15) is 55.7 Å². The highest BCUT2D eigenvalue weighted by molar-refractivity contribution is 7.91. The maximum Gasteiger partial charge on any atom is 0.178 e. The molecule has 0 saturated carbocycles. The molecule has 0 aliphatic carbocycles. The molecular weight excluding hydrogens is 332 g/mol. The van der Waals surface area contributed by atoms with Gasteiger partial charge in [0.15, 0.2) is 9.84 Å². The molecule has 0 unspecified atom stereocenters. The van der Waals surface area contributed by atoms with Gasteiger partial charge in [-0.3, -0.25) is 0 Å². The summed E-state index contributed by atoms with van der Waals surface area (Å²) in [6.45, 7) is 12.1. The molecule has 1 aromatic rings. The van der Waals surface area contributed by atoms with Crippen molar-refractivity contribution >= 4 is 9.84 Å². The number of hydrogen-bond acceptors (Lipinski definition) is 4. The first-order valence-corrected chi connectivity index (χ1v) is 11.3. The van der Waals surface area contributed by atoms with E-state index in [0.29, 0.717) is 11.3 Å². The molecule has 0 amide bonds. The molecule has 0 radical (unpaired) electrons. The lowest BCUT2D eigenvalue weighted by atomic mass is 10.1. The zero-order chi connectivity index (χ0) is 18.7. The largest absolute Gasteiger partial charge is 0.317 e. The maximum atomic E-state index is 12.6. The Hall–Kier alpha value is -0.910. The van der Waals surface area contributed by atoms with Gasteiger partial charge in [0.2, 0.25) is 0 Å². The van der Waals surface area contributed by atoms with Gasteiger partial charge in [-0.25, -0.2) is 8.42 Å². The highest BCUT2D eigenvalue weighted by atomic mass is 32.2. The molecule has 0 heterocycles. The third kappa shape index (κ3) is 8.34. The zero-order valence-corrected chi connectivity index (χ0v) is 17.3. The average molecular weight is 369 g/mol. The molecule has 0 spiro atoms. The predicted molar refractivity (Wildman–Crippen MR) is 107 cm³/mol. The Morgan fingerprint density at radius 3 is 1.80 bits per heavy atom. The van der Waals surface area contributed by atoms with Crippen LogP contribution in [0.4, 0.5) is 0 Å². The van der Waals surface area contributed by atoms with Crippen LogP contribution in [-0.4, -0.2) is 40.3 Å². The smallest absolute Gasteiger partial charge is 0.178 e. The Bertz CT molecular complexity index is 589. The van der Waals surface area contributed by atoms with Crippen LogP contribution in [0, 0.1) is 20.8 Å². The van der Waals surface area contributed by atoms with Crippen LogP contribution in [0.3, 0.4) is 0 Å². The van der Waals surface area contributed by atoms with Gasteiger partial charge in [0.25, 0.3) is 0 Å². The predicted octanol–water partition coefficient (Wildman–Crippen LogP) is 3.54. The molecule has 0 fully saturated rings. The second-order valence-corrected chi connectivity index (χ2v) is 9.01. The highest BCUT2D eigenvalue weighted by Crippen LogP contribution is 2.23. The average Bonchev–Trinajstić information content (AvgIpc) is 2.51. The third-order valence-electron chi connectivity index (χ3n) is 4.32. The molecule has 4 nitrogen and oxygen atoms in total. The van der Waals surface area contributed by atoms with Crippen molar-refractivity contribution in [2.45, 2.75) is 64.7 Å². The van der Waals surface area contributed by atoms with Crippen LogP contribution in [0.2, 0.25) is 0 Å². The van der Waals surface area contributed by atoms with E-state index in [0.717, 1.165) is 55.7 Å². The molecule has 144 valence electrons. The van der Waals surface area contributed by atoms with Gasteiger partial charge in [0.1, 0.15) is 0 Å². The van der Waals surface area contributed by atoms with Crippen LogP contribution >= 0.6 is 0 Å². The van der Waals surface area contributed by atoms with Gasteiger partial charge in [-0.15, -0.1) is 0 Å². The van der Waals surface area contributed by atoms with Crippen molar-refractivity contribution in [3.05, 3.63) is 28.8 Å². The Balaban J connectivity index is 2.23. The van der Waals surface area contributed by atoms with Crippen LogP contribution in [-0.2, 0) is 9.84 Å². The van der Waals surface area contributed by atoms with Gasteiger partial charge in [0, 0.05) is 0 Å². The topological polar surface area (TPSA) is 58.2 Å². The zero-order valence-electron chi connectivity index (χ0n) is 16.5. The van der Waals surface area contributed by atoms with E-state index < -0.39 is 9.84 Å². The first kappa shape index (κ1) is 22.1. The van der Waals surface area contributed by atoms with Gasteiger partial charge in [-0.05, 0) is 90.2 Å². The minimum atomic E-state index is -3.18. The molecule has 0 aliphatic rings. The molecule has 1 rings (SSSR count). The van der Waals surface area contributed by atoms with Crippen molar-refractivity contribution < 1.29 is 8.42 Å². The molecular formula is C20H36N2O2S. The Morgan fingerprint density at radius 1 is 0.800 bits per heavy atom. The molecule has 0 aliphatic heterocycles. The number of unbranched alkanes of at least 4 members (excludes halogenated alkanes) is 2. The van der Waals surface area contributed by atoms with Gasteiger partial charge in [-0.1, -0.05) is 24.6 Å². The summed E-state index contributed by atoms with van der Waals surface area (Å²) >= 11 is 0. The number of rotatable bonds is 13. The van der Waals surface area contributed by atoms with Crippen molar-refractivity contribution in [1.82, 2.24) is 10.6 Å². The second kappa shape index (κ2) is 11.7.